The Morgan fingerprint density at radius 1 is 0.906 bits per heavy atom. The molecule has 0 spiro atoms. The molecule has 5 nitrogen and oxygen atoms in total. The van der Waals surface area contributed by atoms with Gasteiger partial charge in [0.25, 0.3) is 0 Å². The van der Waals surface area contributed by atoms with Crippen molar-refractivity contribution in [2.75, 3.05) is 18.2 Å². The van der Waals surface area contributed by atoms with Crippen molar-refractivity contribution in [2.24, 2.45) is 5.41 Å². The molecule has 1 atom stereocenters. The Morgan fingerprint density at radius 3 is 2.00 bits per heavy atom. The van der Waals surface area contributed by atoms with Crippen LogP contribution in [0.15, 0.2) is 30.3 Å². The van der Waals surface area contributed by atoms with Crippen LogP contribution in [0.2, 0.25) is 0 Å². The van der Waals surface area contributed by atoms with E-state index in [2.05, 4.69) is 12.3 Å². The van der Waals surface area contributed by atoms with Gasteiger partial charge in [0.2, 0.25) is 5.91 Å². The number of para-hydroxylation sites is 1. The molecule has 0 bridgehead atoms. The minimum absolute atomic E-state index is 0.102. The summed E-state index contributed by atoms with van der Waals surface area (Å²) in [5.74, 6) is -0.296. The summed E-state index contributed by atoms with van der Waals surface area (Å²) >= 11 is 0. The zero-order valence-corrected chi connectivity index (χ0v) is 20.4. The monoisotopic (exact) mass is 444 g/mol. The number of benzene rings is 1. The molecule has 180 valence electrons. The van der Waals surface area contributed by atoms with Gasteiger partial charge in [-0.3, -0.25) is 20.0 Å². The fraction of sp³-hybridized carbons (Fsp3) is 0.704. The average Bonchev–Trinajstić information content (AvgIpc) is 3.11. The lowest BCUT2D eigenvalue weighted by Gasteiger charge is -2.21. The van der Waals surface area contributed by atoms with E-state index in [4.69, 9.17) is 4.74 Å². The van der Waals surface area contributed by atoms with Crippen molar-refractivity contribution < 1.29 is 14.3 Å². The number of anilines is 1. The smallest absolute Gasteiger partial charge is 0.305 e. The number of rotatable bonds is 17. The van der Waals surface area contributed by atoms with Crippen molar-refractivity contribution in [1.29, 1.82) is 0 Å². The van der Waals surface area contributed by atoms with Crippen LogP contribution in [0.1, 0.15) is 104 Å². The molecule has 32 heavy (non-hydrogen) atoms. The van der Waals surface area contributed by atoms with Crippen molar-refractivity contribution in [3.63, 3.8) is 0 Å². The van der Waals surface area contributed by atoms with Gasteiger partial charge in [0.05, 0.1) is 12.2 Å². The van der Waals surface area contributed by atoms with Crippen LogP contribution in [-0.4, -0.2) is 25.0 Å². The minimum Gasteiger partial charge on any atom is -0.464 e. The third kappa shape index (κ3) is 9.62. The van der Waals surface area contributed by atoms with E-state index in [9.17, 15) is 9.59 Å². The molecule has 0 radical (unpaired) electrons. The molecular weight excluding hydrogens is 400 g/mol. The van der Waals surface area contributed by atoms with E-state index < -0.39 is 5.41 Å². The van der Waals surface area contributed by atoms with Gasteiger partial charge in [0.15, 0.2) is 0 Å². The molecule has 1 N–H and O–H groups in total. The van der Waals surface area contributed by atoms with Gasteiger partial charge in [0.1, 0.15) is 12.0 Å². The van der Waals surface area contributed by atoms with Crippen molar-refractivity contribution in [1.82, 2.24) is 5.43 Å². The number of nitrogens with one attached hydrogen (secondary N) is 1. The van der Waals surface area contributed by atoms with Crippen molar-refractivity contribution in [3.8, 4) is 0 Å². The summed E-state index contributed by atoms with van der Waals surface area (Å²) < 4.78 is 5.46. The fourth-order valence-electron chi connectivity index (χ4n) is 4.19. The number of hydrogen-bond acceptors (Lipinski definition) is 4. The summed E-state index contributed by atoms with van der Waals surface area (Å²) in [4.78, 5) is 24.6. The summed E-state index contributed by atoms with van der Waals surface area (Å²) in [6, 6.07) is 9.72. The summed E-state index contributed by atoms with van der Waals surface area (Å²) in [6.45, 7) is 4.73. The second-order valence-corrected chi connectivity index (χ2v) is 9.58. The first-order valence-electron chi connectivity index (χ1n) is 12.8. The number of amides is 1. The highest BCUT2D eigenvalue weighted by Gasteiger charge is 2.43. The maximum Gasteiger partial charge on any atom is 0.305 e. The van der Waals surface area contributed by atoms with Crippen molar-refractivity contribution in [2.45, 2.75) is 104 Å². The molecule has 2 rings (SSSR count). The van der Waals surface area contributed by atoms with Crippen LogP contribution in [0.5, 0.6) is 0 Å². The molecule has 1 heterocycles. The van der Waals surface area contributed by atoms with E-state index in [0.717, 1.165) is 18.5 Å². The maximum atomic E-state index is 12.4. The minimum atomic E-state index is -0.721. The molecule has 1 aromatic carbocycles. The number of hydrazine groups is 1. The van der Waals surface area contributed by atoms with E-state index in [-0.39, 0.29) is 18.5 Å². The first-order chi connectivity index (χ1) is 15.5. The first kappa shape index (κ1) is 26.2. The maximum absolute atomic E-state index is 12.4. The number of hydrogen-bond donors (Lipinski definition) is 1. The highest BCUT2D eigenvalue weighted by Crippen LogP contribution is 2.28. The third-order valence-corrected chi connectivity index (χ3v) is 6.40. The van der Waals surface area contributed by atoms with Gasteiger partial charge in [0, 0.05) is 6.42 Å². The van der Waals surface area contributed by atoms with E-state index >= 15 is 0 Å². The molecule has 1 amide bonds. The number of esters is 1. The quantitative estimate of drug-likeness (QED) is 0.218. The van der Waals surface area contributed by atoms with Crippen molar-refractivity contribution in [3.05, 3.63) is 30.3 Å². The normalized spacial score (nSPS) is 18.1. The molecule has 1 saturated heterocycles. The predicted molar refractivity (Wildman–Crippen MR) is 131 cm³/mol. The van der Waals surface area contributed by atoms with Crippen LogP contribution in [0.25, 0.3) is 0 Å². The van der Waals surface area contributed by atoms with Crippen LogP contribution >= 0.6 is 0 Å². The molecular formula is C27H44N2O3. The van der Waals surface area contributed by atoms with Gasteiger partial charge in [-0.2, -0.15) is 0 Å². The van der Waals surface area contributed by atoms with E-state index in [1.54, 1.807) is 0 Å². The molecule has 1 unspecified atom stereocenters. The average molecular weight is 445 g/mol. The SMILES string of the molecule is CCCCCCCCCCCCCCCC(=O)OCC1(C)CN(c2ccccc2)NC1=O. The second-order valence-electron chi connectivity index (χ2n) is 9.58. The Hall–Kier alpha value is -2.04. The highest BCUT2D eigenvalue weighted by atomic mass is 16.5. The van der Waals surface area contributed by atoms with Crippen LogP contribution in [0, 0.1) is 5.41 Å². The summed E-state index contributed by atoms with van der Waals surface area (Å²) in [6.07, 6.45) is 17.1. The fourth-order valence-corrected chi connectivity index (χ4v) is 4.19. The Labute approximate surface area is 195 Å². The predicted octanol–water partition coefficient (Wildman–Crippen LogP) is 6.57. The zero-order valence-electron chi connectivity index (χ0n) is 20.4. The number of unbranched alkanes of at least 4 members (excludes halogenated alkanes) is 12. The van der Waals surface area contributed by atoms with E-state index in [1.807, 2.05) is 42.3 Å². The molecule has 5 heteroatoms. The Balaban J connectivity index is 1.47. The van der Waals surface area contributed by atoms with Gasteiger partial charge in [-0.05, 0) is 25.5 Å². The Kier molecular flexibility index (Phi) is 12.2. The van der Waals surface area contributed by atoms with Crippen LogP contribution in [0.3, 0.4) is 0 Å². The van der Waals surface area contributed by atoms with Crippen LogP contribution in [-0.2, 0) is 14.3 Å². The Bertz CT molecular complexity index is 664. The lowest BCUT2D eigenvalue weighted by atomic mass is 9.92. The number of carbonyl (C=O) groups is 2. The highest BCUT2D eigenvalue weighted by molar-refractivity contribution is 5.88. The molecule has 1 aliphatic heterocycles. The lowest BCUT2D eigenvalue weighted by Crippen LogP contribution is -2.35. The topological polar surface area (TPSA) is 58.6 Å². The molecule has 1 fully saturated rings. The van der Waals surface area contributed by atoms with Crippen molar-refractivity contribution >= 4 is 17.6 Å². The third-order valence-electron chi connectivity index (χ3n) is 6.40. The zero-order chi connectivity index (χ0) is 23.1. The van der Waals surface area contributed by atoms with Crippen LogP contribution < -0.4 is 10.4 Å². The summed E-state index contributed by atoms with van der Waals surface area (Å²) in [5, 5.41) is 1.82. The first-order valence-corrected chi connectivity index (χ1v) is 12.8. The van der Waals surface area contributed by atoms with Gasteiger partial charge in [-0.25, -0.2) is 0 Å². The van der Waals surface area contributed by atoms with Gasteiger partial charge in [-0.1, -0.05) is 102 Å². The molecule has 0 aromatic heterocycles. The number of ether oxygens (including phenoxy) is 1. The van der Waals surface area contributed by atoms with Crippen LogP contribution in [0.4, 0.5) is 5.69 Å². The Morgan fingerprint density at radius 2 is 1.44 bits per heavy atom. The molecule has 0 saturated carbocycles. The summed E-state index contributed by atoms with van der Waals surface area (Å²) in [5.41, 5.74) is 3.10. The lowest BCUT2D eigenvalue weighted by molar-refractivity contribution is -0.148. The van der Waals surface area contributed by atoms with Gasteiger partial charge >= 0.3 is 5.97 Å². The standard InChI is InChI=1S/C27H44N2O3/c1-3-4-5-6-7-8-9-10-11-12-13-14-18-21-25(30)32-23-27(2)22-29(28-26(27)31)24-19-16-15-17-20-24/h15-17,19-20H,3-14,18,21-23H2,1-2H3,(H,28,31). The van der Waals surface area contributed by atoms with E-state index in [0.29, 0.717) is 13.0 Å². The molecule has 1 aromatic rings. The summed E-state index contributed by atoms with van der Waals surface area (Å²) in [7, 11) is 0. The van der Waals surface area contributed by atoms with E-state index in [1.165, 1.54) is 70.6 Å². The molecule has 0 aliphatic carbocycles. The molecule has 1 aliphatic rings. The van der Waals surface area contributed by atoms with Gasteiger partial charge in [-0.15, -0.1) is 0 Å². The largest absolute Gasteiger partial charge is 0.464 e. The van der Waals surface area contributed by atoms with Gasteiger partial charge < -0.3 is 4.74 Å². The number of nitrogens with zero attached hydrogens (tertiary/aromatic N) is 1. The second kappa shape index (κ2) is 14.9. The number of carbonyl (C=O) groups excluding carboxylic acids is 2.